The molecule has 3 heterocycles. The van der Waals surface area contributed by atoms with Gasteiger partial charge in [0.1, 0.15) is 10.9 Å². The monoisotopic (exact) mass is 390 g/mol. The van der Waals surface area contributed by atoms with E-state index in [0.717, 1.165) is 72.1 Å². The highest BCUT2D eigenvalue weighted by molar-refractivity contribution is 8.14. The average Bonchev–Trinajstić information content (AvgIpc) is 3.27. The van der Waals surface area contributed by atoms with Gasteiger partial charge in [0.25, 0.3) is 0 Å². The zero-order valence-electron chi connectivity index (χ0n) is 15.9. The lowest BCUT2D eigenvalue weighted by Gasteiger charge is -2.24. The topological polar surface area (TPSA) is 52.6 Å². The number of hydrogen-bond acceptors (Lipinski definition) is 5. The number of aliphatic imine (C=N–C) groups is 1. The molecule has 0 radical (unpaired) electrons. The molecule has 1 fully saturated rings. The molecule has 0 bridgehead atoms. The van der Waals surface area contributed by atoms with Crippen molar-refractivity contribution in [3.05, 3.63) is 29.7 Å². The van der Waals surface area contributed by atoms with Crippen molar-refractivity contribution < 1.29 is 9.13 Å². The first-order valence-corrected chi connectivity index (χ1v) is 10.6. The van der Waals surface area contributed by atoms with E-state index in [1.807, 2.05) is 6.07 Å². The molecule has 5 nitrogen and oxygen atoms in total. The lowest BCUT2D eigenvalue weighted by molar-refractivity contribution is 0.0905. The van der Waals surface area contributed by atoms with Gasteiger partial charge in [0.2, 0.25) is 0 Å². The average molecular weight is 391 g/mol. The second-order valence-corrected chi connectivity index (χ2v) is 8.63. The fraction of sp³-hybridized carbons (Fsp3) is 0.550. The van der Waals surface area contributed by atoms with Crippen molar-refractivity contribution in [2.75, 3.05) is 44.9 Å². The molecule has 7 heteroatoms. The molecule has 1 aromatic carbocycles. The molecule has 0 spiro atoms. The predicted octanol–water partition coefficient (Wildman–Crippen LogP) is 3.71. The zero-order chi connectivity index (χ0) is 18.8. The third-order valence-electron chi connectivity index (χ3n) is 5.13. The van der Waals surface area contributed by atoms with Crippen molar-refractivity contribution in [2.45, 2.75) is 31.3 Å². The van der Waals surface area contributed by atoms with Crippen LogP contribution in [-0.2, 0) is 4.74 Å². The Balaban J connectivity index is 1.56. The van der Waals surface area contributed by atoms with Crippen LogP contribution in [0.4, 0.5) is 10.1 Å². The van der Waals surface area contributed by atoms with Crippen LogP contribution in [0, 0.1) is 5.82 Å². The largest absolute Gasteiger partial charge is 0.381 e. The number of H-pyrrole nitrogens is 1. The van der Waals surface area contributed by atoms with Gasteiger partial charge in [0.05, 0.1) is 22.9 Å². The van der Waals surface area contributed by atoms with Crippen LogP contribution in [0.1, 0.15) is 25.0 Å². The van der Waals surface area contributed by atoms with E-state index in [0.29, 0.717) is 12.1 Å². The molecule has 2 aliphatic heterocycles. The van der Waals surface area contributed by atoms with E-state index in [2.05, 4.69) is 29.3 Å². The quantitative estimate of drug-likeness (QED) is 0.790. The highest BCUT2D eigenvalue weighted by atomic mass is 32.2. The summed E-state index contributed by atoms with van der Waals surface area (Å²) in [6.07, 6.45) is 2.96. The number of benzene rings is 1. The van der Waals surface area contributed by atoms with E-state index < -0.39 is 0 Å². The number of thioether (sulfide) groups is 1. The van der Waals surface area contributed by atoms with E-state index in [1.165, 1.54) is 0 Å². The number of hydrogen-bond donors (Lipinski definition) is 2. The Bertz CT molecular complexity index is 829. The summed E-state index contributed by atoms with van der Waals surface area (Å²) < 4.78 is 19.6. The summed E-state index contributed by atoms with van der Waals surface area (Å²) in [5.74, 6) is 0.799. The third-order valence-corrected chi connectivity index (χ3v) is 6.28. The predicted molar refractivity (Wildman–Crippen MR) is 112 cm³/mol. The molecule has 4 rings (SSSR count). The Morgan fingerprint density at radius 1 is 1.30 bits per heavy atom. The van der Waals surface area contributed by atoms with Crippen LogP contribution < -0.4 is 5.32 Å². The van der Waals surface area contributed by atoms with Gasteiger partial charge >= 0.3 is 0 Å². The van der Waals surface area contributed by atoms with E-state index in [4.69, 9.17) is 9.73 Å². The third kappa shape index (κ3) is 4.47. The summed E-state index contributed by atoms with van der Waals surface area (Å²) in [5, 5.41) is 5.43. The number of nitrogens with zero attached hydrogens (tertiary/aromatic N) is 2. The summed E-state index contributed by atoms with van der Waals surface area (Å²) in [6, 6.07) is 5.88. The fourth-order valence-electron chi connectivity index (χ4n) is 3.62. The highest BCUT2D eigenvalue weighted by Crippen LogP contribution is 2.31. The van der Waals surface area contributed by atoms with Gasteiger partial charge in [0, 0.05) is 30.4 Å². The Morgan fingerprint density at radius 2 is 2.11 bits per heavy atom. The zero-order valence-corrected chi connectivity index (χ0v) is 16.7. The standard InChI is InChI=1S/C20H27FN4OS/c1-25(2)6-3-16-12-27-20(23-16)18-10-13-9-14(21)11-17(19(13)24-18)22-15-4-7-26-8-5-15/h9-11,15-16,22,24H,3-8,12H2,1-2H3. The summed E-state index contributed by atoms with van der Waals surface area (Å²) in [5.41, 5.74) is 2.77. The minimum Gasteiger partial charge on any atom is -0.381 e. The molecular formula is C20H27FN4OS. The first-order chi connectivity index (χ1) is 13.1. The van der Waals surface area contributed by atoms with Crippen LogP contribution in [0.15, 0.2) is 23.2 Å². The number of nitrogens with one attached hydrogen (secondary N) is 2. The lowest BCUT2D eigenvalue weighted by atomic mass is 10.1. The van der Waals surface area contributed by atoms with Gasteiger partial charge in [-0.15, -0.1) is 11.8 Å². The normalized spacial score (nSPS) is 21.2. The number of rotatable bonds is 6. The molecule has 1 atom stereocenters. The number of aromatic amines is 1. The smallest absolute Gasteiger partial charge is 0.126 e. The lowest BCUT2D eigenvalue weighted by Crippen LogP contribution is -2.27. The summed E-state index contributed by atoms with van der Waals surface area (Å²) in [7, 11) is 4.18. The molecule has 2 aromatic rings. The molecule has 0 saturated carbocycles. The SMILES string of the molecule is CN(C)CCC1CSC(c2cc3cc(F)cc(NC4CCOCC4)c3[nH]2)=N1. The number of aromatic nitrogens is 1. The van der Waals surface area contributed by atoms with Crippen LogP contribution >= 0.6 is 11.8 Å². The van der Waals surface area contributed by atoms with Crippen molar-refractivity contribution in [3.63, 3.8) is 0 Å². The number of halogens is 1. The molecule has 1 unspecified atom stereocenters. The van der Waals surface area contributed by atoms with Gasteiger partial charge < -0.3 is 19.9 Å². The minimum atomic E-state index is -0.215. The van der Waals surface area contributed by atoms with Gasteiger partial charge in [-0.3, -0.25) is 4.99 Å². The minimum absolute atomic E-state index is 0.215. The van der Waals surface area contributed by atoms with Gasteiger partial charge in [-0.05, 0) is 58.1 Å². The van der Waals surface area contributed by atoms with Crippen molar-refractivity contribution in [1.29, 1.82) is 0 Å². The van der Waals surface area contributed by atoms with Crippen molar-refractivity contribution in [1.82, 2.24) is 9.88 Å². The Morgan fingerprint density at radius 3 is 2.89 bits per heavy atom. The Labute approximate surface area is 163 Å². The fourth-order valence-corrected chi connectivity index (χ4v) is 4.70. The maximum atomic E-state index is 14.2. The summed E-state index contributed by atoms with van der Waals surface area (Å²) in [6.45, 7) is 2.56. The molecule has 27 heavy (non-hydrogen) atoms. The van der Waals surface area contributed by atoms with Crippen molar-refractivity contribution in [3.8, 4) is 0 Å². The van der Waals surface area contributed by atoms with E-state index >= 15 is 0 Å². The van der Waals surface area contributed by atoms with E-state index in [1.54, 1.807) is 23.9 Å². The van der Waals surface area contributed by atoms with Crippen LogP contribution in [-0.4, -0.2) is 66.6 Å². The highest BCUT2D eigenvalue weighted by Gasteiger charge is 2.22. The summed E-state index contributed by atoms with van der Waals surface area (Å²) in [4.78, 5) is 10.6. The molecule has 2 aliphatic rings. The summed E-state index contributed by atoms with van der Waals surface area (Å²) >= 11 is 1.79. The maximum Gasteiger partial charge on any atom is 0.126 e. The first kappa shape index (κ1) is 18.8. The number of ether oxygens (including phenoxy) is 1. The van der Waals surface area contributed by atoms with E-state index in [-0.39, 0.29) is 5.82 Å². The van der Waals surface area contributed by atoms with Crippen molar-refractivity contribution in [2.24, 2.45) is 4.99 Å². The molecule has 1 saturated heterocycles. The van der Waals surface area contributed by atoms with Crippen molar-refractivity contribution >= 4 is 33.4 Å². The van der Waals surface area contributed by atoms with Gasteiger partial charge in [-0.25, -0.2) is 4.39 Å². The number of anilines is 1. The number of fused-ring (bicyclic) bond motifs is 1. The molecule has 2 N–H and O–H groups in total. The Kier molecular flexibility index (Phi) is 5.71. The second-order valence-electron chi connectivity index (χ2n) is 7.62. The second kappa shape index (κ2) is 8.20. The molecule has 0 aliphatic carbocycles. The molecule has 0 amide bonds. The molecule has 146 valence electrons. The van der Waals surface area contributed by atoms with Crippen LogP contribution in [0.5, 0.6) is 0 Å². The van der Waals surface area contributed by atoms with Gasteiger partial charge in [-0.1, -0.05) is 0 Å². The first-order valence-electron chi connectivity index (χ1n) is 9.61. The van der Waals surface area contributed by atoms with E-state index in [9.17, 15) is 4.39 Å². The molecular weight excluding hydrogens is 363 g/mol. The maximum absolute atomic E-state index is 14.2. The van der Waals surface area contributed by atoms with Crippen LogP contribution in [0.25, 0.3) is 10.9 Å². The van der Waals surface area contributed by atoms with Crippen LogP contribution in [0.2, 0.25) is 0 Å². The van der Waals surface area contributed by atoms with Gasteiger partial charge in [0.15, 0.2) is 0 Å². The van der Waals surface area contributed by atoms with Gasteiger partial charge in [-0.2, -0.15) is 0 Å². The Hall–Kier alpha value is -1.57. The van der Waals surface area contributed by atoms with Crippen LogP contribution in [0.3, 0.4) is 0 Å². The molecule has 1 aromatic heterocycles.